The number of nitrogens with zero attached hydrogens (tertiary/aromatic N) is 2. The van der Waals surface area contributed by atoms with E-state index < -0.39 is 0 Å². The van der Waals surface area contributed by atoms with Crippen LogP contribution in [0.1, 0.15) is 0 Å². The van der Waals surface area contributed by atoms with Gasteiger partial charge in [-0.25, -0.2) is 4.98 Å². The quantitative estimate of drug-likeness (QED) is 0.826. The van der Waals surface area contributed by atoms with Crippen LogP contribution in [0.5, 0.6) is 11.6 Å². The number of aromatic nitrogens is 2. The number of hydrogen-bond acceptors (Lipinski definition) is 5. The van der Waals surface area contributed by atoms with Gasteiger partial charge in [0.15, 0.2) is 5.16 Å². The van der Waals surface area contributed by atoms with Crippen molar-refractivity contribution in [1.29, 1.82) is 0 Å². The number of benzene rings is 1. The van der Waals surface area contributed by atoms with Gasteiger partial charge in [0, 0.05) is 17.2 Å². The van der Waals surface area contributed by atoms with Gasteiger partial charge in [-0.1, -0.05) is 0 Å². The van der Waals surface area contributed by atoms with Crippen LogP contribution in [0, 0.1) is 0 Å². The Morgan fingerprint density at radius 2 is 1.94 bits per heavy atom. The first-order valence-corrected chi connectivity index (χ1v) is 5.43. The zero-order chi connectivity index (χ0) is 11.4. The van der Waals surface area contributed by atoms with E-state index in [1.807, 2.05) is 12.1 Å². The summed E-state index contributed by atoms with van der Waals surface area (Å²) in [6.07, 6.45) is 1.65. The summed E-state index contributed by atoms with van der Waals surface area (Å²) in [4.78, 5) is 9.25. The second-order valence-electron chi connectivity index (χ2n) is 2.98. The van der Waals surface area contributed by atoms with Gasteiger partial charge in [-0.3, -0.25) is 0 Å². The highest BCUT2D eigenvalue weighted by Gasteiger charge is 2.02. The van der Waals surface area contributed by atoms with E-state index in [1.165, 1.54) is 11.8 Å². The summed E-state index contributed by atoms with van der Waals surface area (Å²) >= 11 is 1.41. The van der Waals surface area contributed by atoms with Crippen LogP contribution in [-0.2, 0) is 0 Å². The van der Waals surface area contributed by atoms with Crippen LogP contribution in [0.25, 0.3) is 0 Å². The van der Waals surface area contributed by atoms with Gasteiger partial charge < -0.3 is 9.84 Å². The number of phenols is 1. The highest BCUT2D eigenvalue weighted by atomic mass is 32.2. The maximum absolute atomic E-state index is 9.14. The lowest BCUT2D eigenvalue weighted by Crippen LogP contribution is -1.90. The molecule has 5 heteroatoms. The van der Waals surface area contributed by atoms with Crippen molar-refractivity contribution in [3.05, 3.63) is 36.5 Å². The summed E-state index contributed by atoms with van der Waals surface area (Å²) in [6.45, 7) is 0. The van der Waals surface area contributed by atoms with Crippen molar-refractivity contribution in [3.8, 4) is 11.6 Å². The van der Waals surface area contributed by atoms with Crippen LogP contribution in [0.15, 0.2) is 46.6 Å². The van der Waals surface area contributed by atoms with Crippen molar-refractivity contribution in [2.75, 3.05) is 7.11 Å². The number of ether oxygens (including phenoxy) is 1. The third-order valence-corrected chi connectivity index (χ3v) is 2.75. The molecular weight excluding hydrogens is 224 g/mol. The third-order valence-electron chi connectivity index (χ3n) is 1.86. The van der Waals surface area contributed by atoms with Crippen LogP contribution in [0.2, 0.25) is 0 Å². The van der Waals surface area contributed by atoms with Crippen molar-refractivity contribution in [3.63, 3.8) is 0 Å². The molecule has 0 radical (unpaired) electrons. The highest BCUT2D eigenvalue weighted by Crippen LogP contribution is 2.26. The molecule has 0 atom stereocenters. The van der Waals surface area contributed by atoms with Gasteiger partial charge in [0.2, 0.25) is 5.88 Å². The number of methoxy groups -OCH3 is 1. The molecule has 0 aliphatic rings. The molecule has 1 aromatic carbocycles. The molecule has 0 aliphatic carbocycles. The van der Waals surface area contributed by atoms with Crippen LogP contribution in [-0.4, -0.2) is 22.2 Å². The van der Waals surface area contributed by atoms with Crippen molar-refractivity contribution >= 4 is 11.8 Å². The molecule has 0 bridgehead atoms. The van der Waals surface area contributed by atoms with E-state index in [1.54, 1.807) is 31.5 Å². The molecular formula is C11H10N2O2S. The summed E-state index contributed by atoms with van der Waals surface area (Å²) < 4.78 is 5.01. The minimum Gasteiger partial charge on any atom is -0.508 e. The van der Waals surface area contributed by atoms with Crippen molar-refractivity contribution in [2.45, 2.75) is 10.1 Å². The van der Waals surface area contributed by atoms with E-state index >= 15 is 0 Å². The molecule has 16 heavy (non-hydrogen) atoms. The first-order chi connectivity index (χ1) is 7.78. The van der Waals surface area contributed by atoms with E-state index in [0.29, 0.717) is 11.0 Å². The Hall–Kier alpha value is -1.75. The molecule has 0 saturated heterocycles. The van der Waals surface area contributed by atoms with Crippen LogP contribution in [0.4, 0.5) is 0 Å². The fourth-order valence-electron chi connectivity index (χ4n) is 1.11. The molecule has 2 rings (SSSR count). The van der Waals surface area contributed by atoms with Crippen LogP contribution >= 0.6 is 11.8 Å². The second kappa shape index (κ2) is 4.85. The number of rotatable bonds is 3. The molecule has 4 nitrogen and oxygen atoms in total. The van der Waals surface area contributed by atoms with Crippen molar-refractivity contribution in [2.24, 2.45) is 0 Å². The fourth-order valence-corrected chi connectivity index (χ4v) is 1.84. The van der Waals surface area contributed by atoms with Gasteiger partial charge in [0.25, 0.3) is 0 Å². The highest BCUT2D eigenvalue weighted by molar-refractivity contribution is 7.99. The molecule has 0 unspecified atom stereocenters. The maximum Gasteiger partial charge on any atom is 0.217 e. The smallest absolute Gasteiger partial charge is 0.217 e. The SMILES string of the molecule is COc1ccnc(Sc2ccc(O)cc2)n1. The van der Waals surface area contributed by atoms with E-state index in [0.717, 1.165) is 4.90 Å². The topological polar surface area (TPSA) is 55.2 Å². The molecule has 1 heterocycles. The Morgan fingerprint density at radius 1 is 1.19 bits per heavy atom. The zero-order valence-electron chi connectivity index (χ0n) is 8.62. The van der Waals surface area contributed by atoms with Crippen molar-refractivity contribution < 1.29 is 9.84 Å². The minimum atomic E-state index is 0.246. The summed E-state index contributed by atoms with van der Waals surface area (Å²) in [5.74, 6) is 0.784. The van der Waals surface area contributed by atoms with Gasteiger partial charge in [-0.05, 0) is 36.0 Å². The lowest BCUT2D eigenvalue weighted by molar-refractivity contribution is 0.392. The van der Waals surface area contributed by atoms with Crippen molar-refractivity contribution in [1.82, 2.24) is 9.97 Å². The number of aromatic hydroxyl groups is 1. The molecule has 1 aromatic heterocycles. The average Bonchev–Trinajstić information content (AvgIpc) is 2.32. The Morgan fingerprint density at radius 3 is 2.62 bits per heavy atom. The lowest BCUT2D eigenvalue weighted by Gasteiger charge is -2.02. The lowest BCUT2D eigenvalue weighted by atomic mass is 10.3. The van der Waals surface area contributed by atoms with E-state index in [2.05, 4.69) is 9.97 Å². The van der Waals surface area contributed by atoms with E-state index in [-0.39, 0.29) is 5.75 Å². The first kappa shape index (κ1) is 10.8. The Bertz CT molecular complexity index is 474. The third kappa shape index (κ3) is 2.64. The summed E-state index contributed by atoms with van der Waals surface area (Å²) in [6, 6.07) is 8.57. The number of phenolic OH excluding ortho intramolecular Hbond substituents is 1. The van der Waals surface area contributed by atoms with Gasteiger partial charge in [0.05, 0.1) is 7.11 Å². The van der Waals surface area contributed by atoms with Gasteiger partial charge >= 0.3 is 0 Å². The molecule has 82 valence electrons. The monoisotopic (exact) mass is 234 g/mol. The predicted octanol–water partition coefficient (Wildman–Crippen LogP) is 2.34. The molecule has 0 saturated carbocycles. The maximum atomic E-state index is 9.14. The standard InChI is InChI=1S/C11H10N2O2S/c1-15-10-6-7-12-11(13-10)16-9-4-2-8(14)3-5-9/h2-7,14H,1H3. The molecule has 0 aliphatic heterocycles. The molecule has 0 fully saturated rings. The fraction of sp³-hybridized carbons (Fsp3) is 0.0909. The molecule has 0 spiro atoms. The Balaban J connectivity index is 2.16. The Kier molecular flexibility index (Phi) is 3.26. The molecule has 2 aromatic rings. The first-order valence-electron chi connectivity index (χ1n) is 4.62. The van der Waals surface area contributed by atoms with Crippen LogP contribution < -0.4 is 4.74 Å². The van der Waals surface area contributed by atoms with Crippen LogP contribution in [0.3, 0.4) is 0 Å². The zero-order valence-corrected chi connectivity index (χ0v) is 9.44. The van der Waals surface area contributed by atoms with Gasteiger partial charge in [0.1, 0.15) is 5.75 Å². The largest absolute Gasteiger partial charge is 0.508 e. The van der Waals surface area contributed by atoms with Gasteiger partial charge in [-0.15, -0.1) is 0 Å². The number of hydrogen-bond donors (Lipinski definition) is 1. The average molecular weight is 234 g/mol. The molecule has 0 amide bonds. The normalized spacial score (nSPS) is 10.1. The summed E-state index contributed by atoms with van der Waals surface area (Å²) in [7, 11) is 1.57. The summed E-state index contributed by atoms with van der Waals surface area (Å²) in [5.41, 5.74) is 0. The van der Waals surface area contributed by atoms with E-state index in [9.17, 15) is 0 Å². The second-order valence-corrected chi connectivity index (χ2v) is 4.02. The van der Waals surface area contributed by atoms with E-state index in [4.69, 9.17) is 9.84 Å². The Labute approximate surface area is 97.3 Å². The van der Waals surface area contributed by atoms with Gasteiger partial charge in [-0.2, -0.15) is 4.98 Å². The predicted molar refractivity (Wildman–Crippen MR) is 60.8 cm³/mol. The summed E-state index contributed by atoms with van der Waals surface area (Å²) in [5, 5.41) is 9.76. The molecule has 1 N–H and O–H groups in total. The minimum absolute atomic E-state index is 0.246.